The van der Waals surface area contributed by atoms with Gasteiger partial charge in [0.15, 0.2) is 0 Å². The van der Waals surface area contributed by atoms with Gasteiger partial charge in [0.25, 0.3) is 0 Å². The summed E-state index contributed by atoms with van der Waals surface area (Å²) in [5.74, 6) is 0.722. The average Bonchev–Trinajstić information content (AvgIpc) is 2.49. The van der Waals surface area contributed by atoms with Crippen LogP contribution in [0.15, 0.2) is 24.3 Å². The highest BCUT2D eigenvalue weighted by atomic mass is 16.1. The van der Waals surface area contributed by atoms with Crippen LogP contribution in [-0.2, 0) is 17.8 Å². The largest absolute Gasteiger partial charge is 0.352 e. The fraction of sp³-hybridized carbons (Fsp3) is 0.588. The Morgan fingerprint density at radius 1 is 1.20 bits per heavy atom. The summed E-state index contributed by atoms with van der Waals surface area (Å²) in [7, 11) is 0. The van der Waals surface area contributed by atoms with E-state index >= 15 is 0 Å². The molecule has 112 valence electrons. The first-order valence-corrected chi connectivity index (χ1v) is 7.74. The number of nitrogens with two attached hydrogens (primary N) is 1. The summed E-state index contributed by atoms with van der Waals surface area (Å²) in [6.07, 6.45) is 4.66. The van der Waals surface area contributed by atoms with Crippen molar-refractivity contribution in [2.75, 3.05) is 6.54 Å². The Kier molecular flexibility index (Phi) is 7.97. The van der Waals surface area contributed by atoms with Crippen LogP contribution in [0.2, 0.25) is 0 Å². The highest BCUT2D eigenvalue weighted by molar-refractivity contribution is 5.75. The van der Waals surface area contributed by atoms with E-state index in [1.54, 1.807) is 0 Å². The van der Waals surface area contributed by atoms with Gasteiger partial charge in [0.1, 0.15) is 0 Å². The first-order valence-electron chi connectivity index (χ1n) is 7.74. The van der Waals surface area contributed by atoms with Gasteiger partial charge in [0.2, 0.25) is 5.91 Å². The van der Waals surface area contributed by atoms with Crippen molar-refractivity contribution in [3.8, 4) is 0 Å². The van der Waals surface area contributed by atoms with Crippen LogP contribution in [0, 0.1) is 5.92 Å². The highest BCUT2D eigenvalue weighted by Gasteiger charge is 2.09. The van der Waals surface area contributed by atoms with Gasteiger partial charge < -0.3 is 11.1 Å². The van der Waals surface area contributed by atoms with Crippen LogP contribution in [0.5, 0.6) is 0 Å². The normalized spacial score (nSPS) is 12.2. The maximum Gasteiger partial charge on any atom is 0.220 e. The van der Waals surface area contributed by atoms with Crippen LogP contribution >= 0.6 is 0 Å². The van der Waals surface area contributed by atoms with Crippen molar-refractivity contribution in [1.82, 2.24) is 5.32 Å². The molecule has 1 aromatic rings. The molecule has 1 amide bonds. The fourth-order valence-electron chi connectivity index (χ4n) is 2.48. The van der Waals surface area contributed by atoms with Crippen LogP contribution in [-0.4, -0.2) is 12.5 Å². The van der Waals surface area contributed by atoms with Gasteiger partial charge in [-0.1, -0.05) is 44.5 Å². The Morgan fingerprint density at radius 2 is 1.90 bits per heavy atom. The summed E-state index contributed by atoms with van der Waals surface area (Å²) in [6.45, 7) is 5.65. The molecule has 1 atom stereocenters. The van der Waals surface area contributed by atoms with Crippen molar-refractivity contribution in [3.63, 3.8) is 0 Å². The maximum absolute atomic E-state index is 11.9. The molecule has 0 heterocycles. The number of hydrogen-bond donors (Lipinski definition) is 2. The second kappa shape index (κ2) is 9.54. The molecule has 0 aliphatic heterocycles. The average molecular weight is 276 g/mol. The van der Waals surface area contributed by atoms with Gasteiger partial charge in [0.05, 0.1) is 0 Å². The molecule has 3 N–H and O–H groups in total. The zero-order chi connectivity index (χ0) is 14.8. The third kappa shape index (κ3) is 5.74. The number of amides is 1. The van der Waals surface area contributed by atoms with E-state index in [1.165, 1.54) is 11.1 Å². The fourth-order valence-corrected chi connectivity index (χ4v) is 2.48. The van der Waals surface area contributed by atoms with E-state index < -0.39 is 0 Å². The Bertz CT molecular complexity index is 404. The van der Waals surface area contributed by atoms with E-state index in [9.17, 15) is 4.79 Å². The number of carbonyl (C=O) groups is 1. The van der Waals surface area contributed by atoms with E-state index in [1.807, 2.05) is 12.1 Å². The van der Waals surface area contributed by atoms with Gasteiger partial charge in [-0.25, -0.2) is 0 Å². The second-order valence-electron chi connectivity index (χ2n) is 5.29. The SMILES string of the molecule is CCc1ccccc1CNC(=O)CCC(CC)CCN. The van der Waals surface area contributed by atoms with Gasteiger partial charge in [0, 0.05) is 13.0 Å². The molecule has 0 bridgehead atoms. The molecule has 0 spiro atoms. The van der Waals surface area contributed by atoms with E-state index in [-0.39, 0.29) is 5.91 Å². The van der Waals surface area contributed by atoms with Gasteiger partial charge in [-0.05, 0) is 42.9 Å². The van der Waals surface area contributed by atoms with Crippen LogP contribution in [0.4, 0.5) is 0 Å². The lowest BCUT2D eigenvalue weighted by Crippen LogP contribution is -2.24. The predicted molar refractivity (Wildman–Crippen MR) is 84.4 cm³/mol. The van der Waals surface area contributed by atoms with Gasteiger partial charge in [-0.3, -0.25) is 4.79 Å². The van der Waals surface area contributed by atoms with Crippen LogP contribution in [0.1, 0.15) is 50.7 Å². The molecule has 20 heavy (non-hydrogen) atoms. The number of nitrogens with one attached hydrogen (secondary N) is 1. The Balaban J connectivity index is 2.36. The molecule has 0 aliphatic rings. The smallest absolute Gasteiger partial charge is 0.220 e. The van der Waals surface area contributed by atoms with E-state index in [0.717, 1.165) is 25.7 Å². The third-order valence-corrected chi connectivity index (χ3v) is 3.91. The van der Waals surface area contributed by atoms with Gasteiger partial charge in [-0.2, -0.15) is 0 Å². The lowest BCUT2D eigenvalue weighted by molar-refractivity contribution is -0.121. The third-order valence-electron chi connectivity index (χ3n) is 3.91. The van der Waals surface area contributed by atoms with Crippen molar-refractivity contribution < 1.29 is 4.79 Å². The molecule has 0 radical (unpaired) electrons. The first kappa shape index (κ1) is 16.7. The minimum Gasteiger partial charge on any atom is -0.352 e. The topological polar surface area (TPSA) is 55.1 Å². The first-order chi connectivity index (χ1) is 9.71. The zero-order valence-electron chi connectivity index (χ0n) is 12.8. The molecule has 0 aliphatic carbocycles. The molecular formula is C17H28N2O. The Morgan fingerprint density at radius 3 is 2.50 bits per heavy atom. The quantitative estimate of drug-likeness (QED) is 0.728. The molecule has 1 unspecified atom stereocenters. The van der Waals surface area contributed by atoms with Crippen LogP contribution < -0.4 is 11.1 Å². The van der Waals surface area contributed by atoms with Crippen molar-refractivity contribution in [3.05, 3.63) is 35.4 Å². The second-order valence-corrected chi connectivity index (χ2v) is 5.29. The number of hydrogen-bond acceptors (Lipinski definition) is 2. The minimum absolute atomic E-state index is 0.145. The number of benzene rings is 1. The van der Waals surface area contributed by atoms with Crippen molar-refractivity contribution in [2.24, 2.45) is 11.7 Å². The summed E-state index contributed by atoms with van der Waals surface area (Å²) >= 11 is 0. The molecular weight excluding hydrogens is 248 g/mol. The summed E-state index contributed by atoms with van der Waals surface area (Å²) in [5, 5.41) is 3.03. The summed E-state index contributed by atoms with van der Waals surface area (Å²) in [5.41, 5.74) is 8.10. The molecule has 1 aromatic carbocycles. The van der Waals surface area contributed by atoms with Gasteiger partial charge in [-0.15, -0.1) is 0 Å². The number of rotatable bonds is 9. The summed E-state index contributed by atoms with van der Waals surface area (Å²) < 4.78 is 0. The van der Waals surface area contributed by atoms with Crippen molar-refractivity contribution >= 4 is 5.91 Å². The van der Waals surface area contributed by atoms with Crippen LogP contribution in [0.3, 0.4) is 0 Å². The number of carbonyl (C=O) groups excluding carboxylic acids is 1. The van der Waals surface area contributed by atoms with E-state index in [0.29, 0.717) is 25.4 Å². The van der Waals surface area contributed by atoms with Crippen LogP contribution in [0.25, 0.3) is 0 Å². The lowest BCUT2D eigenvalue weighted by atomic mass is 9.96. The lowest BCUT2D eigenvalue weighted by Gasteiger charge is -2.14. The van der Waals surface area contributed by atoms with E-state index in [2.05, 4.69) is 31.3 Å². The molecule has 0 aromatic heterocycles. The molecule has 1 rings (SSSR count). The summed E-state index contributed by atoms with van der Waals surface area (Å²) in [4.78, 5) is 11.9. The predicted octanol–water partition coefficient (Wildman–Crippen LogP) is 3.02. The highest BCUT2D eigenvalue weighted by Crippen LogP contribution is 2.14. The van der Waals surface area contributed by atoms with Gasteiger partial charge >= 0.3 is 0 Å². The Hall–Kier alpha value is -1.35. The monoisotopic (exact) mass is 276 g/mol. The maximum atomic E-state index is 11.9. The standard InChI is InChI=1S/C17H28N2O/c1-3-14(11-12-18)9-10-17(20)19-13-16-8-6-5-7-15(16)4-2/h5-8,14H,3-4,9-13,18H2,1-2H3,(H,19,20). The Labute approximate surface area is 122 Å². The molecule has 0 saturated heterocycles. The molecule has 0 saturated carbocycles. The van der Waals surface area contributed by atoms with Crippen molar-refractivity contribution in [1.29, 1.82) is 0 Å². The molecule has 0 fully saturated rings. The minimum atomic E-state index is 0.145. The summed E-state index contributed by atoms with van der Waals surface area (Å²) in [6, 6.07) is 8.27. The molecule has 3 heteroatoms. The molecule has 3 nitrogen and oxygen atoms in total. The van der Waals surface area contributed by atoms with E-state index in [4.69, 9.17) is 5.73 Å². The number of aryl methyl sites for hydroxylation is 1. The van der Waals surface area contributed by atoms with Crippen molar-refractivity contribution in [2.45, 2.75) is 52.5 Å². The zero-order valence-corrected chi connectivity index (χ0v) is 12.8.